The lowest BCUT2D eigenvalue weighted by molar-refractivity contribution is 0.0592. The summed E-state index contributed by atoms with van der Waals surface area (Å²) in [6.45, 7) is 2.43. The van der Waals surface area contributed by atoms with E-state index in [4.69, 9.17) is 4.74 Å². The SMILES string of the molecule is CN(CC1CCOCC1)C(=O)Nc1ccccc1. The molecule has 0 unspecified atom stereocenters. The van der Waals surface area contributed by atoms with Gasteiger partial charge in [0.1, 0.15) is 0 Å². The van der Waals surface area contributed by atoms with Gasteiger partial charge < -0.3 is 15.0 Å². The van der Waals surface area contributed by atoms with E-state index >= 15 is 0 Å². The minimum Gasteiger partial charge on any atom is -0.381 e. The van der Waals surface area contributed by atoms with Gasteiger partial charge in [0.25, 0.3) is 0 Å². The van der Waals surface area contributed by atoms with Gasteiger partial charge in [-0.05, 0) is 30.9 Å². The lowest BCUT2D eigenvalue weighted by atomic mass is 10.00. The van der Waals surface area contributed by atoms with Crippen molar-refractivity contribution in [1.82, 2.24) is 4.90 Å². The fraction of sp³-hybridized carbons (Fsp3) is 0.500. The van der Waals surface area contributed by atoms with Crippen LogP contribution in [0.5, 0.6) is 0 Å². The molecule has 0 radical (unpaired) electrons. The number of rotatable bonds is 3. The molecule has 0 aliphatic carbocycles. The highest BCUT2D eigenvalue weighted by Crippen LogP contribution is 2.16. The highest BCUT2D eigenvalue weighted by Gasteiger charge is 2.18. The maximum atomic E-state index is 12.0. The van der Waals surface area contributed by atoms with Crippen LogP contribution in [0.15, 0.2) is 30.3 Å². The number of amides is 2. The number of anilines is 1. The molecule has 18 heavy (non-hydrogen) atoms. The standard InChI is InChI=1S/C14H20N2O2/c1-16(11-12-7-9-18-10-8-12)14(17)15-13-5-3-2-4-6-13/h2-6,12H,7-11H2,1H3,(H,15,17). The topological polar surface area (TPSA) is 41.6 Å². The van der Waals surface area contributed by atoms with E-state index in [9.17, 15) is 4.79 Å². The van der Waals surface area contributed by atoms with Crippen LogP contribution in [0.4, 0.5) is 10.5 Å². The van der Waals surface area contributed by atoms with Crippen molar-refractivity contribution in [3.63, 3.8) is 0 Å². The minimum atomic E-state index is -0.0484. The first-order chi connectivity index (χ1) is 8.75. The predicted octanol–water partition coefficient (Wildman–Crippen LogP) is 2.58. The van der Waals surface area contributed by atoms with Gasteiger partial charge in [0.2, 0.25) is 0 Å². The van der Waals surface area contributed by atoms with Gasteiger partial charge >= 0.3 is 6.03 Å². The maximum Gasteiger partial charge on any atom is 0.321 e. The van der Waals surface area contributed by atoms with E-state index in [2.05, 4.69) is 5.32 Å². The monoisotopic (exact) mass is 248 g/mol. The molecule has 4 heteroatoms. The first-order valence-corrected chi connectivity index (χ1v) is 6.40. The van der Waals surface area contributed by atoms with E-state index in [1.807, 2.05) is 37.4 Å². The molecule has 1 aliphatic rings. The van der Waals surface area contributed by atoms with E-state index in [-0.39, 0.29) is 6.03 Å². The van der Waals surface area contributed by atoms with Crippen molar-refractivity contribution >= 4 is 11.7 Å². The molecule has 1 aliphatic heterocycles. The summed E-state index contributed by atoms with van der Waals surface area (Å²) in [7, 11) is 1.84. The molecule has 2 amide bonds. The van der Waals surface area contributed by atoms with Crippen LogP contribution in [0, 0.1) is 5.92 Å². The van der Waals surface area contributed by atoms with E-state index in [0.29, 0.717) is 5.92 Å². The Labute approximate surface area is 108 Å². The smallest absolute Gasteiger partial charge is 0.321 e. The molecule has 0 bridgehead atoms. The average molecular weight is 248 g/mol. The normalized spacial score (nSPS) is 16.3. The fourth-order valence-corrected chi connectivity index (χ4v) is 2.14. The zero-order valence-corrected chi connectivity index (χ0v) is 10.8. The molecule has 1 N–H and O–H groups in total. The van der Waals surface area contributed by atoms with Crippen molar-refractivity contribution in [3.8, 4) is 0 Å². The third-order valence-electron chi connectivity index (χ3n) is 3.24. The summed E-state index contributed by atoms with van der Waals surface area (Å²) in [4.78, 5) is 13.7. The summed E-state index contributed by atoms with van der Waals surface area (Å²) in [5, 5.41) is 2.89. The molecule has 98 valence electrons. The number of benzene rings is 1. The van der Waals surface area contributed by atoms with Crippen molar-refractivity contribution in [3.05, 3.63) is 30.3 Å². The third-order valence-corrected chi connectivity index (χ3v) is 3.24. The fourth-order valence-electron chi connectivity index (χ4n) is 2.14. The van der Waals surface area contributed by atoms with E-state index in [1.54, 1.807) is 4.90 Å². The largest absolute Gasteiger partial charge is 0.381 e. The van der Waals surface area contributed by atoms with Gasteiger partial charge in [-0.2, -0.15) is 0 Å². The van der Waals surface area contributed by atoms with Crippen LogP contribution >= 0.6 is 0 Å². The van der Waals surface area contributed by atoms with Gasteiger partial charge in [-0.25, -0.2) is 4.79 Å². The van der Waals surface area contributed by atoms with Gasteiger partial charge in [0, 0.05) is 32.5 Å². The Balaban J connectivity index is 1.81. The van der Waals surface area contributed by atoms with Crippen molar-refractivity contribution in [1.29, 1.82) is 0 Å². The zero-order chi connectivity index (χ0) is 12.8. The van der Waals surface area contributed by atoms with Gasteiger partial charge in [0.15, 0.2) is 0 Å². The molecular weight excluding hydrogens is 228 g/mol. The van der Waals surface area contributed by atoms with Crippen LogP contribution in [0.1, 0.15) is 12.8 Å². The Morgan fingerprint density at radius 1 is 1.33 bits per heavy atom. The van der Waals surface area contributed by atoms with Gasteiger partial charge in [0.05, 0.1) is 0 Å². The summed E-state index contributed by atoms with van der Waals surface area (Å²) < 4.78 is 5.32. The van der Waals surface area contributed by atoms with Crippen LogP contribution in [0.2, 0.25) is 0 Å². The highest BCUT2D eigenvalue weighted by atomic mass is 16.5. The first kappa shape index (κ1) is 12.9. The molecule has 1 aromatic rings. The third kappa shape index (κ3) is 3.74. The van der Waals surface area contributed by atoms with E-state index < -0.39 is 0 Å². The number of hydrogen-bond donors (Lipinski definition) is 1. The Bertz CT molecular complexity index is 375. The molecule has 0 atom stereocenters. The predicted molar refractivity (Wildman–Crippen MR) is 71.6 cm³/mol. The second kappa shape index (κ2) is 6.40. The summed E-state index contributed by atoms with van der Waals surface area (Å²) in [6, 6.07) is 9.48. The zero-order valence-electron chi connectivity index (χ0n) is 10.8. The van der Waals surface area contributed by atoms with Crippen molar-refractivity contribution in [2.75, 3.05) is 32.1 Å². The van der Waals surface area contributed by atoms with Crippen LogP contribution in [0.3, 0.4) is 0 Å². The number of para-hydroxylation sites is 1. The molecule has 1 saturated heterocycles. The highest BCUT2D eigenvalue weighted by molar-refractivity contribution is 5.89. The van der Waals surface area contributed by atoms with Crippen molar-refractivity contribution < 1.29 is 9.53 Å². The first-order valence-electron chi connectivity index (χ1n) is 6.40. The van der Waals surface area contributed by atoms with Crippen LogP contribution < -0.4 is 5.32 Å². The number of hydrogen-bond acceptors (Lipinski definition) is 2. The van der Waals surface area contributed by atoms with Crippen LogP contribution in [0.25, 0.3) is 0 Å². The van der Waals surface area contributed by atoms with Crippen LogP contribution in [-0.4, -0.2) is 37.7 Å². The molecule has 1 heterocycles. The summed E-state index contributed by atoms with van der Waals surface area (Å²) in [5.74, 6) is 0.560. The molecule has 1 fully saturated rings. The molecule has 2 rings (SSSR count). The second-order valence-electron chi connectivity index (χ2n) is 4.73. The summed E-state index contributed by atoms with van der Waals surface area (Å²) >= 11 is 0. The van der Waals surface area contributed by atoms with Crippen molar-refractivity contribution in [2.24, 2.45) is 5.92 Å². The van der Waals surface area contributed by atoms with Gasteiger partial charge in [-0.3, -0.25) is 0 Å². The minimum absolute atomic E-state index is 0.0484. The number of carbonyl (C=O) groups excluding carboxylic acids is 1. The second-order valence-corrected chi connectivity index (χ2v) is 4.73. The number of carbonyl (C=O) groups is 1. The molecule has 0 saturated carbocycles. The molecule has 1 aromatic carbocycles. The number of nitrogens with zero attached hydrogens (tertiary/aromatic N) is 1. The molecular formula is C14H20N2O2. The quantitative estimate of drug-likeness (QED) is 0.893. The molecule has 0 spiro atoms. The lowest BCUT2D eigenvalue weighted by Gasteiger charge is -2.27. The van der Waals surface area contributed by atoms with Gasteiger partial charge in [-0.15, -0.1) is 0 Å². The summed E-state index contributed by atoms with van der Waals surface area (Å²) in [5.41, 5.74) is 0.835. The molecule has 0 aromatic heterocycles. The van der Waals surface area contributed by atoms with E-state index in [0.717, 1.165) is 38.3 Å². The van der Waals surface area contributed by atoms with Gasteiger partial charge in [-0.1, -0.05) is 18.2 Å². The van der Waals surface area contributed by atoms with E-state index in [1.165, 1.54) is 0 Å². The Hall–Kier alpha value is -1.55. The Morgan fingerprint density at radius 3 is 2.67 bits per heavy atom. The number of nitrogens with one attached hydrogen (secondary N) is 1. The molecule has 4 nitrogen and oxygen atoms in total. The maximum absolute atomic E-state index is 12.0. The van der Waals surface area contributed by atoms with Crippen molar-refractivity contribution in [2.45, 2.75) is 12.8 Å². The summed E-state index contributed by atoms with van der Waals surface area (Å²) in [6.07, 6.45) is 2.09. The Morgan fingerprint density at radius 2 is 2.00 bits per heavy atom. The average Bonchev–Trinajstić information content (AvgIpc) is 2.41. The van der Waals surface area contributed by atoms with Crippen LogP contribution in [-0.2, 0) is 4.74 Å². The lowest BCUT2D eigenvalue weighted by Crippen LogP contribution is -2.36. The number of urea groups is 1. The Kier molecular flexibility index (Phi) is 4.59. The number of ether oxygens (including phenoxy) is 1.